The third-order valence-corrected chi connectivity index (χ3v) is 6.90. The smallest absolute Gasteiger partial charge is 0.267 e. The molecule has 7 heteroatoms. The van der Waals surface area contributed by atoms with E-state index in [2.05, 4.69) is 31.3 Å². The van der Waals surface area contributed by atoms with E-state index in [-0.39, 0.29) is 12.3 Å². The van der Waals surface area contributed by atoms with Crippen molar-refractivity contribution >= 4 is 16.0 Å². The summed E-state index contributed by atoms with van der Waals surface area (Å²) in [5, 5.41) is 13.0. The maximum atomic E-state index is 12.3. The minimum absolute atomic E-state index is 0.285. The normalized spacial score (nSPS) is 14.1. The van der Waals surface area contributed by atoms with Gasteiger partial charge in [-0.25, -0.2) is 0 Å². The van der Waals surface area contributed by atoms with Gasteiger partial charge < -0.3 is 10.4 Å². The number of allylic oxidation sites excluding steroid dienone is 3. The Hall–Kier alpha value is -1.18. The van der Waals surface area contributed by atoms with E-state index in [1.807, 2.05) is 6.08 Å². The molecule has 0 radical (unpaired) electrons. The van der Waals surface area contributed by atoms with E-state index < -0.39 is 28.0 Å². The first-order valence-electron chi connectivity index (χ1n) is 14.0. The van der Waals surface area contributed by atoms with Crippen molar-refractivity contribution in [2.75, 3.05) is 5.75 Å². The molecule has 1 amide bonds. The van der Waals surface area contributed by atoms with Gasteiger partial charge in [0.1, 0.15) is 0 Å². The van der Waals surface area contributed by atoms with E-state index in [9.17, 15) is 22.9 Å². The molecular weight excluding hydrogens is 462 g/mol. The molecular formula is C28H53NO5S. The molecule has 0 aliphatic heterocycles. The van der Waals surface area contributed by atoms with Crippen LogP contribution in [0.2, 0.25) is 0 Å². The highest BCUT2D eigenvalue weighted by molar-refractivity contribution is 7.85. The number of aliphatic hydroxyl groups is 1. The van der Waals surface area contributed by atoms with Crippen LogP contribution in [0.4, 0.5) is 0 Å². The van der Waals surface area contributed by atoms with Crippen LogP contribution in [-0.4, -0.2) is 41.9 Å². The van der Waals surface area contributed by atoms with Crippen molar-refractivity contribution < 1.29 is 22.9 Å². The lowest BCUT2D eigenvalue weighted by Gasteiger charge is -2.21. The Labute approximate surface area is 215 Å². The SMILES string of the molecule is CCCCC/C=C\CCCCCCCC(=O)NC(CS(=O)(=O)O)C(O)/C=C/CCCCCCCC. The van der Waals surface area contributed by atoms with Gasteiger partial charge in [0.25, 0.3) is 10.1 Å². The van der Waals surface area contributed by atoms with Crippen LogP contribution in [0, 0.1) is 0 Å². The summed E-state index contributed by atoms with van der Waals surface area (Å²) in [5.74, 6) is -0.996. The molecule has 3 N–H and O–H groups in total. The summed E-state index contributed by atoms with van der Waals surface area (Å²) in [5.41, 5.74) is 0. The van der Waals surface area contributed by atoms with Crippen LogP contribution in [0.25, 0.3) is 0 Å². The Morgan fingerprint density at radius 1 is 0.743 bits per heavy atom. The first-order valence-corrected chi connectivity index (χ1v) is 15.6. The summed E-state index contributed by atoms with van der Waals surface area (Å²) in [4.78, 5) is 12.3. The van der Waals surface area contributed by atoms with E-state index in [1.54, 1.807) is 0 Å². The fourth-order valence-electron chi connectivity index (χ4n) is 3.97. The van der Waals surface area contributed by atoms with Crippen molar-refractivity contribution in [3.05, 3.63) is 24.3 Å². The van der Waals surface area contributed by atoms with Crippen LogP contribution < -0.4 is 5.32 Å². The van der Waals surface area contributed by atoms with E-state index in [0.29, 0.717) is 0 Å². The van der Waals surface area contributed by atoms with Crippen LogP contribution >= 0.6 is 0 Å². The zero-order valence-electron chi connectivity index (χ0n) is 22.4. The zero-order chi connectivity index (χ0) is 26.2. The minimum Gasteiger partial charge on any atom is -0.387 e. The maximum Gasteiger partial charge on any atom is 0.267 e. The van der Waals surface area contributed by atoms with Crippen molar-refractivity contribution in [2.24, 2.45) is 0 Å². The second kappa shape index (κ2) is 23.2. The standard InChI is InChI=1S/C28H53NO5S/c1-3-5-7-9-11-13-14-15-16-18-20-22-24-28(31)29-26(25-35(32,33)34)27(30)23-21-19-17-12-10-8-6-4-2/h11,13,21,23,26-27,30H,3-10,12,14-20,22,24-25H2,1-2H3,(H,29,31)(H,32,33,34)/b13-11-,23-21+. The minimum atomic E-state index is -4.32. The highest BCUT2D eigenvalue weighted by Gasteiger charge is 2.24. The van der Waals surface area contributed by atoms with Crippen molar-refractivity contribution in [1.29, 1.82) is 0 Å². The second-order valence-corrected chi connectivity index (χ2v) is 11.2. The Balaban J connectivity index is 4.15. The van der Waals surface area contributed by atoms with E-state index >= 15 is 0 Å². The van der Waals surface area contributed by atoms with Gasteiger partial charge in [-0.1, -0.05) is 102 Å². The third-order valence-electron chi connectivity index (χ3n) is 6.12. The molecule has 0 rings (SSSR count). The van der Waals surface area contributed by atoms with Gasteiger partial charge in [0.15, 0.2) is 0 Å². The van der Waals surface area contributed by atoms with Crippen LogP contribution in [0.1, 0.15) is 129 Å². The van der Waals surface area contributed by atoms with Gasteiger partial charge in [0.2, 0.25) is 5.91 Å². The molecule has 0 aliphatic rings. The summed E-state index contributed by atoms with van der Waals surface area (Å²) in [6.45, 7) is 4.40. The number of carbonyl (C=O) groups is 1. The molecule has 0 heterocycles. The molecule has 0 aromatic rings. The van der Waals surface area contributed by atoms with Crippen LogP contribution in [-0.2, 0) is 14.9 Å². The highest BCUT2D eigenvalue weighted by Crippen LogP contribution is 2.10. The number of aliphatic hydroxyl groups excluding tert-OH is 1. The lowest BCUT2D eigenvalue weighted by Crippen LogP contribution is -2.46. The van der Waals surface area contributed by atoms with Crippen molar-refractivity contribution in [2.45, 2.75) is 142 Å². The first kappa shape index (κ1) is 33.8. The lowest BCUT2D eigenvalue weighted by atomic mass is 10.1. The Morgan fingerprint density at radius 2 is 1.20 bits per heavy atom. The molecule has 0 saturated carbocycles. The van der Waals surface area contributed by atoms with Gasteiger partial charge in [0.05, 0.1) is 17.9 Å². The maximum absolute atomic E-state index is 12.3. The molecule has 35 heavy (non-hydrogen) atoms. The Morgan fingerprint density at radius 3 is 1.77 bits per heavy atom. The molecule has 206 valence electrons. The average molecular weight is 516 g/mol. The van der Waals surface area contributed by atoms with Gasteiger partial charge in [-0.05, 0) is 44.9 Å². The fourth-order valence-corrected chi connectivity index (χ4v) is 4.70. The number of hydrogen-bond donors (Lipinski definition) is 3. The molecule has 0 aromatic carbocycles. The molecule has 0 saturated heterocycles. The Kier molecular flexibility index (Phi) is 22.4. The number of carbonyl (C=O) groups excluding carboxylic acids is 1. The highest BCUT2D eigenvalue weighted by atomic mass is 32.2. The van der Waals surface area contributed by atoms with Crippen LogP contribution in [0.5, 0.6) is 0 Å². The van der Waals surface area contributed by atoms with Gasteiger partial charge >= 0.3 is 0 Å². The summed E-state index contributed by atoms with van der Waals surface area (Å²) in [6, 6.07) is -1.05. The number of nitrogens with one attached hydrogen (secondary N) is 1. The number of amides is 1. The molecule has 0 aromatic heterocycles. The van der Waals surface area contributed by atoms with Crippen LogP contribution in [0.15, 0.2) is 24.3 Å². The van der Waals surface area contributed by atoms with Gasteiger partial charge in [0, 0.05) is 6.42 Å². The predicted molar refractivity (Wildman–Crippen MR) is 147 cm³/mol. The summed E-state index contributed by atoms with van der Waals surface area (Å²) in [7, 11) is -4.32. The largest absolute Gasteiger partial charge is 0.387 e. The van der Waals surface area contributed by atoms with Gasteiger partial charge in [-0.2, -0.15) is 8.42 Å². The van der Waals surface area contributed by atoms with Crippen molar-refractivity contribution in [3.8, 4) is 0 Å². The topological polar surface area (TPSA) is 104 Å². The molecule has 2 unspecified atom stereocenters. The summed E-state index contributed by atoms with van der Waals surface area (Å²) in [6.07, 6.45) is 26.0. The second-order valence-electron chi connectivity index (χ2n) is 9.67. The molecule has 0 bridgehead atoms. The quantitative estimate of drug-likeness (QED) is 0.0737. The van der Waals surface area contributed by atoms with Gasteiger partial charge in [-0.3, -0.25) is 9.35 Å². The third kappa shape index (κ3) is 24.3. The predicted octanol–water partition coefficient (Wildman–Crippen LogP) is 6.89. The molecule has 6 nitrogen and oxygen atoms in total. The van der Waals surface area contributed by atoms with Crippen molar-refractivity contribution in [1.82, 2.24) is 5.32 Å². The monoisotopic (exact) mass is 515 g/mol. The number of unbranched alkanes of at least 4 members (excludes halogenated alkanes) is 14. The zero-order valence-corrected chi connectivity index (χ0v) is 23.2. The first-order chi connectivity index (χ1) is 16.8. The van der Waals surface area contributed by atoms with Gasteiger partial charge in [-0.15, -0.1) is 0 Å². The van der Waals surface area contributed by atoms with E-state index in [1.165, 1.54) is 57.4 Å². The molecule has 0 fully saturated rings. The molecule has 0 spiro atoms. The number of hydrogen-bond acceptors (Lipinski definition) is 4. The summed E-state index contributed by atoms with van der Waals surface area (Å²) >= 11 is 0. The van der Waals surface area contributed by atoms with E-state index in [0.717, 1.165) is 57.8 Å². The fraction of sp³-hybridized carbons (Fsp3) is 0.821. The average Bonchev–Trinajstić information content (AvgIpc) is 2.80. The Bertz CT molecular complexity index is 660. The molecule has 0 aliphatic carbocycles. The summed E-state index contributed by atoms with van der Waals surface area (Å²) < 4.78 is 32.0. The van der Waals surface area contributed by atoms with E-state index in [4.69, 9.17) is 0 Å². The van der Waals surface area contributed by atoms with Crippen LogP contribution in [0.3, 0.4) is 0 Å². The molecule has 2 atom stereocenters. The number of rotatable bonds is 24. The van der Waals surface area contributed by atoms with Crippen molar-refractivity contribution in [3.63, 3.8) is 0 Å². The lowest BCUT2D eigenvalue weighted by molar-refractivity contribution is -0.122.